The van der Waals surface area contributed by atoms with Gasteiger partial charge in [0.25, 0.3) is 0 Å². The Morgan fingerprint density at radius 3 is 2.78 bits per heavy atom. The maximum Gasteiger partial charge on any atom is 0.137 e. The third-order valence-electron chi connectivity index (χ3n) is 3.10. The second-order valence-corrected chi connectivity index (χ2v) is 4.40. The molecule has 0 saturated heterocycles. The number of methoxy groups -OCH3 is 1. The molecule has 1 unspecified atom stereocenters. The fraction of sp³-hybridized carbons (Fsp3) is 0.267. The van der Waals surface area contributed by atoms with Crippen molar-refractivity contribution in [2.75, 3.05) is 7.11 Å². The normalized spacial score (nSPS) is 12.2. The summed E-state index contributed by atoms with van der Waals surface area (Å²) in [6, 6.07) is 10.2. The van der Waals surface area contributed by atoms with Crippen molar-refractivity contribution in [3.8, 4) is 5.75 Å². The molecule has 0 saturated carbocycles. The molecule has 3 heteroatoms. The fourth-order valence-electron chi connectivity index (χ4n) is 1.94. The van der Waals surface area contributed by atoms with Crippen LogP contribution in [0.5, 0.6) is 5.75 Å². The summed E-state index contributed by atoms with van der Waals surface area (Å²) < 4.78 is 5.16. The Hall–Kier alpha value is -1.87. The Morgan fingerprint density at radius 2 is 2.06 bits per heavy atom. The van der Waals surface area contributed by atoms with Crippen LogP contribution in [0.25, 0.3) is 0 Å². The standard InChI is InChI=1S/C15H18N2O/c1-11-5-3-4-6-12(11)8-15(16)13-7-14(18-2)10-17-9-13/h3-7,9-10,15H,8,16H2,1-2H3. The van der Waals surface area contributed by atoms with E-state index in [1.807, 2.05) is 18.2 Å². The van der Waals surface area contributed by atoms with Crippen LogP contribution in [0.3, 0.4) is 0 Å². The molecule has 2 N–H and O–H groups in total. The van der Waals surface area contributed by atoms with E-state index in [-0.39, 0.29) is 6.04 Å². The zero-order valence-electron chi connectivity index (χ0n) is 10.8. The zero-order valence-corrected chi connectivity index (χ0v) is 10.8. The molecule has 0 amide bonds. The molecule has 0 aliphatic heterocycles. The molecule has 2 rings (SSSR count). The van der Waals surface area contributed by atoms with Gasteiger partial charge in [0.1, 0.15) is 5.75 Å². The molecule has 1 aromatic heterocycles. The van der Waals surface area contributed by atoms with Crippen molar-refractivity contribution in [2.24, 2.45) is 5.73 Å². The highest BCUT2D eigenvalue weighted by Gasteiger charge is 2.09. The van der Waals surface area contributed by atoms with E-state index in [9.17, 15) is 0 Å². The molecule has 1 atom stereocenters. The van der Waals surface area contributed by atoms with Gasteiger partial charge >= 0.3 is 0 Å². The highest BCUT2D eigenvalue weighted by Crippen LogP contribution is 2.20. The van der Waals surface area contributed by atoms with Crippen molar-refractivity contribution >= 4 is 0 Å². The van der Waals surface area contributed by atoms with Crippen LogP contribution in [0, 0.1) is 6.92 Å². The number of nitrogens with two attached hydrogens (primary N) is 1. The SMILES string of the molecule is COc1cncc(C(N)Cc2ccccc2C)c1. The quantitative estimate of drug-likeness (QED) is 0.896. The number of nitrogens with zero attached hydrogens (tertiary/aromatic N) is 1. The van der Waals surface area contributed by atoms with Crippen molar-refractivity contribution in [3.63, 3.8) is 0 Å². The highest BCUT2D eigenvalue weighted by molar-refractivity contribution is 5.30. The van der Waals surface area contributed by atoms with E-state index in [1.165, 1.54) is 11.1 Å². The average molecular weight is 242 g/mol. The Balaban J connectivity index is 2.16. The van der Waals surface area contributed by atoms with Gasteiger partial charge in [-0.25, -0.2) is 0 Å². The van der Waals surface area contributed by atoms with E-state index in [1.54, 1.807) is 19.5 Å². The molecule has 94 valence electrons. The van der Waals surface area contributed by atoms with Crippen LogP contribution < -0.4 is 10.5 Å². The van der Waals surface area contributed by atoms with E-state index < -0.39 is 0 Å². The molecule has 2 aromatic rings. The minimum Gasteiger partial charge on any atom is -0.495 e. The number of aryl methyl sites for hydroxylation is 1. The number of pyridine rings is 1. The van der Waals surface area contributed by atoms with Gasteiger partial charge in [0.05, 0.1) is 13.3 Å². The summed E-state index contributed by atoms with van der Waals surface area (Å²) in [7, 11) is 1.63. The van der Waals surface area contributed by atoms with Gasteiger partial charge < -0.3 is 10.5 Å². The average Bonchev–Trinajstić information content (AvgIpc) is 2.41. The molecule has 0 radical (unpaired) electrons. The minimum atomic E-state index is -0.0614. The molecule has 1 heterocycles. The minimum absolute atomic E-state index is 0.0614. The van der Waals surface area contributed by atoms with E-state index in [0.717, 1.165) is 17.7 Å². The van der Waals surface area contributed by atoms with Gasteiger partial charge in [-0.1, -0.05) is 24.3 Å². The monoisotopic (exact) mass is 242 g/mol. The van der Waals surface area contributed by atoms with E-state index >= 15 is 0 Å². The molecule has 0 aliphatic rings. The van der Waals surface area contributed by atoms with Crippen LogP contribution in [-0.4, -0.2) is 12.1 Å². The van der Waals surface area contributed by atoms with Gasteiger partial charge in [-0.15, -0.1) is 0 Å². The van der Waals surface area contributed by atoms with Crippen LogP contribution >= 0.6 is 0 Å². The molecular formula is C15H18N2O. The highest BCUT2D eigenvalue weighted by atomic mass is 16.5. The van der Waals surface area contributed by atoms with Crippen LogP contribution in [0.2, 0.25) is 0 Å². The second kappa shape index (κ2) is 5.65. The van der Waals surface area contributed by atoms with Crippen molar-refractivity contribution in [3.05, 3.63) is 59.4 Å². The lowest BCUT2D eigenvalue weighted by atomic mass is 9.98. The second-order valence-electron chi connectivity index (χ2n) is 4.40. The molecule has 0 spiro atoms. The summed E-state index contributed by atoms with van der Waals surface area (Å²) in [6.45, 7) is 2.10. The zero-order chi connectivity index (χ0) is 13.0. The summed E-state index contributed by atoms with van der Waals surface area (Å²) in [5.41, 5.74) is 9.76. The first kappa shape index (κ1) is 12.6. The van der Waals surface area contributed by atoms with E-state index in [0.29, 0.717) is 0 Å². The molecule has 0 aliphatic carbocycles. The van der Waals surface area contributed by atoms with Gasteiger partial charge in [0.15, 0.2) is 0 Å². The number of benzene rings is 1. The first-order valence-electron chi connectivity index (χ1n) is 5.99. The number of hydrogen-bond acceptors (Lipinski definition) is 3. The largest absolute Gasteiger partial charge is 0.495 e. The predicted octanol–water partition coefficient (Wildman–Crippen LogP) is 2.64. The van der Waals surface area contributed by atoms with Crippen molar-refractivity contribution in [1.82, 2.24) is 4.98 Å². The fourth-order valence-corrected chi connectivity index (χ4v) is 1.94. The topological polar surface area (TPSA) is 48.1 Å². The van der Waals surface area contributed by atoms with Crippen molar-refractivity contribution in [2.45, 2.75) is 19.4 Å². The summed E-state index contributed by atoms with van der Waals surface area (Å²) in [5, 5.41) is 0. The summed E-state index contributed by atoms with van der Waals surface area (Å²) in [6.07, 6.45) is 4.29. The maximum atomic E-state index is 6.22. The molecule has 1 aromatic carbocycles. The lowest BCUT2D eigenvalue weighted by Crippen LogP contribution is -2.14. The van der Waals surface area contributed by atoms with Crippen LogP contribution in [-0.2, 0) is 6.42 Å². The van der Waals surface area contributed by atoms with Gasteiger partial charge in [-0.2, -0.15) is 0 Å². The molecular weight excluding hydrogens is 224 g/mol. The van der Waals surface area contributed by atoms with Gasteiger partial charge in [-0.3, -0.25) is 4.98 Å². The molecule has 0 bridgehead atoms. The van der Waals surface area contributed by atoms with E-state index in [2.05, 4.69) is 24.0 Å². The third-order valence-corrected chi connectivity index (χ3v) is 3.10. The van der Waals surface area contributed by atoms with Crippen LogP contribution in [0.1, 0.15) is 22.7 Å². The van der Waals surface area contributed by atoms with E-state index in [4.69, 9.17) is 10.5 Å². The van der Waals surface area contributed by atoms with Crippen LogP contribution in [0.15, 0.2) is 42.7 Å². The third kappa shape index (κ3) is 2.87. The van der Waals surface area contributed by atoms with Gasteiger partial charge in [0, 0.05) is 12.2 Å². The van der Waals surface area contributed by atoms with Crippen LogP contribution in [0.4, 0.5) is 0 Å². The Morgan fingerprint density at radius 1 is 1.28 bits per heavy atom. The van der Waals surface area contributed by atoms with Gasteiger partial charge in [0.2, 0.25) is 0 Å². The molecule has 18 heavy (non-hydrogen) atoms. The maximum absolute atomic E-state index is 6.22. The molecule has 3 nitrogen and oxygen atoms in total. The van der Waals surface area contributed by atoms with Crippen molar-refractivity contribution in [1.29, 1.82) is 0 Å². The summed E-state index contributed by atoms with van der Waals surface area (Å²) in [4.78, 5) is 4.14. The predicted molar refractivity (Wildman–Crippen MR) is 72.6 cm³/mol. The lowest BCUT2D eigenvalue weighted by molar-refractivity contribution is 0.411. The Labute approximate surface area is 108 Å². The number of aromatic nitrogens is 1. The summed E-state index contributed by atoms with van der Waals surface area (Å²) in [5.74, 6) is 0.743. The number of rotatable bonds is 4. The first-order chi connectivity index (χ1) is 8.70. The smallest absolute Gasteiger partial charge is 0.137 e. The van der Waals surface area contributed by atoms with Gasteiger partial charge in [-0.05, 0) is 36.1 Å². The lowest BCUT2D eigenvalue weighted by Gasteiger charge is -2.14. The summed E-state index contributed by atoms with van der Waals surface area (Å²) >= 11 is 0. The molecule has 0 fully saturated rings. The number of hydrogen-bond donors (Lipinski definition) is 1. The Bertz CT molecular complexity index is 525. The Kier molecular flexibility index (Phi) is 3.95. The van der Waals surface area contributed by atoms with Crippen molar-refractivity contribution < 1.29 is 4.74 Å². The number of ether oxygens (including phenoxy) is 1. The first-order valence-corrected chi connectivity index (χ1v) is 5.99.